The molecule has 1 aromatic rings. The molecule has 0 aliphatic carbocycles. The lowest BCUT2D eigenvalue weighted by atomic mass is 10.2. The van der Waals surface area contributed by atoms with Gasteiger partial charge in [-0.1, -0.05) is 0 Å². The van der Waals surface area contributed by atoms with E-state index in [0.717, 1.165) is 4.90 Å². The number of hydrogen-bond acceptors (Lipinski definition) is 3. The summed E-state index contributed by atoms with van der Waals surface area (Å²) in [7, 11) is 0. The van der Waals surface area contributed by atoms with Crippen molar-refractivity contribution in [1.82, 2.24) is 0 Å². The molecule has 1 heterocycles. The van der Waals surface area contributed by atoms with Gasteiger partial charge in [0.1, 0.15) is 0 Å². The summed E-state index contributed by atoms with van der Waals surface area (Å²) in [4.78, 5) is 35.9. The van der Waals surface area contributed by atoms with Crippen LogP contribution in [-0.4, -0.2) is 22.9 Å². The van der Waals surface area contributed by atoms with Crippen LogP contribution in [0, 0.1) is 0 Å². The van der Waals surface area contributed by atoms with Gasteiger partial charge in [0.05, 0.1) is 11.3 Å². The fourth-order valence-electron chi connectivity index (χ4n) is 1.79. The number of aromatic carboxylic acids is 1. The fourth-order valence-corrected chi connectivity index (χ4v) is 2.34. The largest absolute Gasteiger partial charge is 0.478 e. The number of halogens is 1. The zero-order valence-corrected chi connectivity index (χ0v) is 11.8. The van der Waals surface area contributed by atoms with E-state index in [0.29, 0.717) is 21.3 Å². The van der Waals surface area contributed by atoms with E-state index in [-0.39, 0.29) is 17.4 Å². The van der Waals surface area contributed by atoms with Gasteiger partial charge in [0, 0.05) is 15.6 Å². The number of anilines is 1. The predicted octanol–water partition coefficient (Wildman–Crippen LogP) is 2.36. The van der Waals surface area contributed by atoms with E-state index >= 15 is 0 Å². The van der Waals surface area contributed by atoms with E-state index in [2.05, 4.69) is 15.9 Å². The number of carboxylic acid groups (broad SMARTS) is 1. The Morgan fingerprint density at radius 2 is 1.68 bits per heavy atom. The average molecular weight is 324 g/mol. The van der Waals surface area contributed by atoms with Crippen LogP contribution in [0.4, 0.5) is 5.69 Å². The van der Waals surface area contributed by atoms with E-state index in [1.165, 1.54) is 18.2 Å². The molecule has 0 unspecified atom stereocenters. The summed E-state index contributed by atoms with van der Waals surface area (Å²) in [6.07, 6.45) is 0. The number of rotatable bonds is 2. The van der Waals surface area contributed by atoms with Crippen molar-refractivity contribution in [2.75, 3.05) is 4.90 Å². The van der Waals surface area contributed by atoms with E-state index < -0.39 is 5.97 Å². The number of carbonyl (C=O) groups excluding carboxylic acids is 2. The minimum absolute atomic E-state index is 0.0797. The molecule has 98 valence electrons. The van der Waals surface area contributed by atoms with Crippen LogP contribution in [0.5, 0.6) is 0 Å². The Hall–Kier alpha value is -1.95. The first-order chi connectivity index (χ1) is 8.84. The lowest BCUT2D eigenvalue weighted by Gasteiger charge is -2.16. The highest BCUT2D eigenvalue weighted by Crippen LogP contribution is 2.33. The van der Waals surface area contributed by atoms with Gasteiger partial charge in [-0.2, -0.15) is 0 Å². The zero-order chi connectivity index (χ0) is 14.3. The van der Waals surface area contributed by atoms with Crippen LogP contribution < -0.4 is 4.90 Å². The third-order valence-corrected chi connectivity index (χ3v) is 3.68. The Labute approximate surface area is 117 Å². The molecule has 2 amide bonds. The molecule has 1 N–H and O–H groups in total. The molecule has 6 heteroatoms. The Balaban J connectivity index is 2.48. The number of nitrogens with zero attached hydrogens (tertiary/aromatic N) is 1. The van der Waals surface area contributed by atoms with E-state index in [1.807, 2.05) is 0 Å². The molecular weight excluding hydrogens is 314 g/mol. The molecule has 0 bridgehead atoms. The number of carbonyl (C=O) groups is 3. The van der Waals surface area contributed by atoms with Crippen LogP contribution in [0.2, 0.25) is 0 Å². The molecule has 0 radical (unpaired) electrons. The third kappa shape index (κ3) is 2.08. The van der Waals surface area contributed by atoms with Crippen LogP contribution in [0.15, 0.2) is 33.8 Å². The minimum atomic E-state index is -1.07. The van der Waals surface area contributed by atoms with Crippen LogP contribution in [0.25, 0.3) is 0 Å². The normalized spacial score (nSPS) is 15.4. The van der Waals surface area contributed by atoms with Crippen molar-refractivity contribution in [3.63, 3.8) is 0 Å². The second-order valence-corrected chi connectivity index (χ2v) is 5.02. The minimum Gasteiger partial charge on any atom is -0.478 e. The molecule has 2 rings (SSSR count). The van der Waals surface area contributed by atoms with E-state index in [9.17, 15) is 14.4 Å². The average Bonchev–Trinajstić information content (AvgIpc) is 2.55. The quantitative estimate of drug-likeness (QED) is 0.848. The van der Waals surface area contributed by atoms with Crippen LogP contribution >= 0.6 is 15.9 Å². The summed E-state index contributed by atoms with van der Waals surface area (Å²) >= 11 is 3.19. The van der Waals surface area contributed by atoms with E-state index in [1.54, 1.807) is 13.8 Å². The molecular formula is C13H10BrNO4. The lowest BCUT2D eigenvalue weighted by molar-refractivity contribution is -0.120. The monoisotopic (exact) mass is 323 g/mol. The van der Waals surface area contributed by atoms with Gasteiger partial charge in [0.25, 0.3) is 11.8 Å². The van der Waals surface area contributed by atoms with Gasteiger partial charge < -0.3 is 5.11 Å². The Morgan fingerprint density at radius 3 is 2.11 bits per heavy atom. The predicted molar refractivity (Wildman–Crippen MR) is 72.0 cm³/mol. The standard InChI is InChI=1S/C13H10BrNO4/c1-6-7(2)12(17)15(11(6)16)10-4-3-8(13(18)19)5-9(10)14/h3-5H,1-2H3,(H,18,19). The van der Waals surface area contributed by atoms with Crippen molar-refractivity contribution in [3.05, 3.63) is 39.4 Å². The molecule has 5 nitrogen and oxygen atoms in total. The smallest absolute Gasteiger partial charge is 0.335 e. The fraction of sp³-hybridized carbons (Fsp3) is 0.154. The molecule has 1 aliphatic heterocycles. The Kier molecular flexibility index (Phi) is 3.28. The molecule has 0 aromatic heterocycles. The SMILES string of the molecule is CC1=C(C)C(=O)N(c2ccc(C(=O)O)cc2Br)C1=O. The first kappa shape index (κ1) is 13.5. The van der Waals surface area contributed by atoms with Crippen molar-refractivity contribution in [2.24, 2.45) is 0 Å². The van der Waals surface area contributed by atoms with Gasteiger partial charge in [-0.25, -0.2) is 9.69 Å². The first-order valence-electron chi connectivity index (χ1n) is 5.43. The number of imide groups is 1. The molecule has 1 aliphatic rings. The number of hydrogen-bond donors (Lipinski definition) is 1. The van der Waals surface area contributed by atoms with Gasteiger partial charge in [0.15, 0.2) is 0 Å². The maximum absolute atomic E-state index is 12.0. The summed E-state index contributed by atoms with van der Waals surface area (Å²) in [5.74, 6) is -1.84. The van der Waals surface area contributed by atoms with Gasteiger partial charge in [-0.15, -0.1) is 0 Å². The summed E-state index contributed by atoms with van der Waals surface area (Å²) in [5.41, 5.74) is 1.23. The highest BCUT2D eigenvalue weighted by molar-refractivity contribution is 9.10. The second kappa shape index (κ2) is 4.62. The maximum Gasteiger partial charge on any atom is 0.335 e. The van der Waals surface area contributed by atoms with Crippen molar-refractivity contribution >= 4 is 39.4 Å². The maximum atomic E-state index is 12.0. The molecule has 0 atom stereocenters. The van der Waals surface area contributed by atoms with Gasteiger partial charge in [-0.3, -0.25) is 9.59 Å². The highest BCUT2D eigenvalue weighted by atomic mass is 79.9. The first-order valence-corrected chi connectivity index (χ1v) is 6.23. The lowest BCUT2D eigenvalue weighted by Crippen LogP contribution is -2.31. The third-order valence-electron chi connectivity index (χ3n) is 3.05. The molecule has 1 aromatic carbocycles. The van der Waals surface area contributed by atoms with Crippen LogP contribution in [0.3, 0.4) is 0 Å². The summed E-state index contributed by atoms with van der Waals surface area (Å²) < 4.78 is 0.386. The molecule has 0 fully saturated rings. The van der Waals surface area contributed by atoms with Gasteiger partial charge in [0.2, 0.25) is 0 Å². The molecule has 19 heavy (non-hydrogen) atoms. The molecule has 0 spiro atoms. The topological polar surface area (TPSA) is 74.7 Å². The van der Waals surface area contributed by atoms with Crippen molar-refractivity contribution in [2.45, 2.75) is 13.8 Å². The van der Waals surface area contributed by atoms with Crippen molar-refractivity contribution in [1.29, 1.82) is 0 Å². The Morgan fingerprint density at radius 1 is 1.16 bits per heavy atom. The number of benzene rings is 1. The summed E-state index contributed by atoms with van der Waals surface area (Å²) in [5, 5.41) is 8.88. The summed E-state index contributed by atoms with van der Waals surface area (Å²) in [6, 6.07) is 4.16. The van der Waals surface area contributed by atoms with Crippen LogP contribution in [-0.2, 0) is 9.59 Å². The van der Waals surface area contributed by atoms with Gasteiger partial charge >= 0.3 is 5.97 Å². The zero-order valence-electron chi connectivity index (χ0n) is 10.2. The molecule has 0 saturated carbocycles. The Bertz CT molecular complexity index is 624. The highest BCUT2D eigenvalue weighted by Gasteiger charge is 2.35. The number of carboxylic acids is 1. The molecule has 0 saturated heterocycles. The summed E-state index contributed by atoms with van der Waals surface area (Å²) in [6.45, 7) is 3.18. The van der Waals surface area contributed by atoms with Crippen molar-refractivity contribution < 1.29 is 19.5 Å². The second-order valence-electron chi connectivity index (χ2n) is 4.17. The van der Waals surface area contributed by atoms with Crippen molar-refractivity contribution in [3.8, 4) is 0 Å². The van der Waals surface area contributed by atoms with E-state index in [4.69, 9.17) is 5.11 Å². The van der Waals surface area contributed by atoms with Crippen LogP contribution in [0.1, 0.15) is 24.2 Å². The number of amides is 2. The van der Waals surface area contributed by atoms with Gasteiger partial charge in [-0.05, 0) is 48.0 Å².